The number of likely N-dealkylation sites (tertiary alicyclic amines) is 1. The summed E-state index contributed by atoms with van der Waals surface area (Å²) >= 11 is 0. The van der Waals surface area contributed by atoms with Crippen LogP contribution in [-0.2, 0) is 20.9 Å². The highest BCUT2D eigenvalue weighted by molar-refractivity contribution is 5.81. The van der Waals surface area contributed by atoms with Crippen molar-refractivity contribution in [3.8, 4) is 0 Å². The lowest BCUT2D eigenvalue weighted by atomic mass is 10.0. The van der Waals surface area contributed by atoms with Crippen molar-refractivity contribution in [2.75, 3.05) is 26.7 Å². The van der Waals surface area contributed by atoms with Crippen LogP contribution >= 0.6 is 0 Å². The van der Waals surface area contributed by atoms with Crippen LogP contribution in [0.25, 0.3) is 0 Å². The number of unbranched alkanes of at least 4 members (excludes halogenated alkanes) is 11. The third-order valence-corrected chi connectivity index (χ3v) is 6.70. The lowest BCUT2D eigenvalue weighted by molar-refractivity contribution is -0.127. The van der Waals surface area contributed by atoms with Gasteiger partial charge >= 0.3 is 6.09 Å². The highest BCUT2D eigenvalue weighted by Crippen LogP contribution is 2.21. The number of rotatable bonds is 17. The van der Waals surface area contributed by atoms with Crippen molar-refractivity contribution in [2.45, 2.75) is 96.7 Å². The maximum atomic E-state index is 12.7. The molecule has 2 rings (SSSR count). The standard InChI is InChI=1S/C28H46N2O4/c1-3-4-5-6-7-8-9-10-11-12-13-17-20-29-27(31)25-21-30(22-26(25)33-2)28(32)34-23-24-18-15-14-16-19-24/h14-16,18-19,25-26H,3-13,17,20-23H2,1-2H3,(H,29,31)/t25-,26-/m1/s1. The number of hydrogen-bond acceptors (Lipinski definition) is 4. The van der Waals surface area contributed by atoms with Crippen LogP contribution in [0.3, 0.4) is 0 Å². The number of amides is 2. The summed E-state index contributed by atoms with van der Waals surface area (Å²) in [5, 5.41) is 3.04. The molecule has 6 heteroatoms. The lowest BCUT2D eigenvalue weighted by Gasteiger charge is -2.16. The molecule has 1 heterocycles. The Labute approximate surface area is 206 Å². The predicted octanol–water partition coefficient (Wildman–Crippen LogP) is 6.09. The summed E-state index contributed by atoms with van der Waals surface area (Å²) < 4.78 is 10.9. The van der Waals surface area contributed by atoms with Gasteiger partial charge in [0.2, 0.25) is 5.91 Å². The molecule has 192 valence electrons. The largest absolute Gasteiger partial charge is 0.445 e. The first kappa shape index (κ1) is 28.2. The fourth-order valence-electron chi connectivity index (χ4n) is 4.53. The molecule has 0 aliphatic carbocycles. The van der Waals surface area contributed by atoms with Gasteiger partial charge in [-0.1, -0.05) is 108 Å². The van der Waals surface area contributed by atoms with Crippen LogP contribution in [0.4, 0.5) is 4.79 Å². The molecule has 1 aromatic rings. The van der Waals surface area contributed by atoms with Gasteiger partial charge in [0, 0.05) is 20.2 Å². The molecule has 1 saturated heterocycles. The van der Waals surface area contributed by atoms with E-state index in [-0.39, 0.29) is 24.5 Å². The number of hydrogen-bond donors (Lipinski definition) is 1. The molecule has 1 aliphatic heterocycles. The smallest absolute Gasteiger partial charge is 0.410 e. The van der Waals surface area contributed by atoms with Crippen LogP contribution < -0.4 is 5.32 Å². The van der Waals surface area contributed by atoms with E-state index in [1.807, 2.05) is 30.3 Å². The Morgan fingerprint density at radius 3 is 2.06 bits per heavy atom. The summed E-state index contributed by atoms with van der Waals surface area (Å²) in [5.41, 5.74) is 0.940. The first-order valence-electron chi connectivity index (χ1n) is 13.4. The van der Waals surface area contributed by atoms with E-state index in [1.54, 1.807) is 12.0 Å². The van der Waals surface area contributed by atoms with Crippen LogP contribution in [-0.4, -0.2) is 49.7 Å². The van der Waals surface area contributed by atoms with Crippen molar-refractivity contribution >= 4 is 12.0 Å². The van der Waals surface area contributed by atoms with Gasteiger partial charge in [0.15, 0.2) is 0 Å². The normalized spacial score (nSPS) is 17.6. The van der Waals surface area contributed by atoms with Gasteiger partial charge in [-0.15, -0.1) is 0 Å². The van der Waals surface area contributed by atoms with E-state index in [0.29, 0.717) is 19.6 Å². The van der Waals surface area contributed by atoms with Crippen LogP contribution in [0, 0.1) is 5.92 Å². The Kier molecular flexibility index (Phi) is 14.4. The molecular formula is C28H46N2O4. The maximum Gasteiger partial charge on any atom is 0.410 e. The quantitative estimate of drug-likeness (QED) is 0.278. The van der Waals surface area contributed by atoms with E-state index >= 15 is 0 Å². The first-order valence-corrected chi connectivity index (χ1v) is 13.4. The Hall–Kier alpha value is -2.08. The van der Waals surface area contributed by atoms with Gasteiger partial charge in [0.1, 0.15) is 6.61 Å². The second-order valence-electron chi connectivity index (χ2n) is 9.51. The number of benzene rings is 1. The monoisotopic (exact) mass is 474 g/mol. The summed E-state index contributed by atoms with van der Waals surface area (Å²) in [7, 11) is 1.59. The van der Waals surface area contributed by atoms with Crippen molar-refractivity contribution in [1.29, 1.82) is 0 Å². The second kappa shape index (κ2) is 17.4. The predicted molar refractivity (Wildman–Crippen MR) is 137 cm³/mol. The van der Waals surface area contributed by atoms with E-state index < -0.39 is 6.09 Å². The number of nitrogens with zero attached hydrogens (tertiary/aromatic N) is 1. The highest BCUT2D eigenvalue weighted by Gasteiger charge is 2.40. The van der Waals surface area contributed by atoms with Gasteiger partial charge < -0.3 is 19.7 Å². The first-order chi connectivity index (χ1) is 16.7. The molecule has 6 nitrogen and oxygen atoms in total. The van der Waals surface area contributed by atoms with Crippen LogP contribution in [0.15, 0.2) is 30.3 Å². The number of ether oxygens (including phenoxy) is 2. The zero-order valence-electron chi connectivity index (χ0n) is 21.4. The fraction of sp³-hybridized carbons (Fsp3) is 0.714. The van der Waals surface area contributed by atoms with Gasteiger partial charge in [0.25, 0.3) is 0 Å². The average Bonchev–Trinajstić information content (AvgIpc) is 3.31. The molecule has 34 heavy (non-hydrogen) atoms. The molecule has 0 saturated carbocycles. The molecule has 1 fully saturated rings. The minimum atomic E-state index is -0.401. The summed E-state index contributed by atoms with van der Waals surface area (Å²) in [5.74, 6) is -0.389. The van der Waals surface area contributed by atoms with E-state index in [2.05, 4.69) is 12.2 Å². The molecule has 2 atom stereocenters. The molecule has 2 amide bonds. The van der Waals surface area contributed by atoms with Crippen LogP contribution in [0.1, 0.15) is 89.5 Å². The minimum Gasteiger partial charge on any atom is -0.445 e. The molecule has 0 spiro atoms. The molecular weight excluding hydrogens is 428 g/mol. The Morgan fingerprint density at radius 2 is 1.47 bits per heavy atom. The molecule has 0 unspecified atom stereocenters. The average molecular weight is 475 g/mol. The van der Waals surface area contributed by atoms with Gasteiger partial charge in [-0.25, -0.2) is 4.79 Å². The van der Waals surface area contributed by atoms with E-state index in [0.717, 1.165) is 18.4 Å². The molecule has 1 N–H and O–H groups in total. The number of carbonyl (C=O) groups excluding carboxylic acids is 2. The molecule has 0 aromatic heterocycles. The van der Waals surface area contributed by atoms with Crippen molar-refractivity contribution in [1.82, 2.24) is 10.2 Å². The lowest BCUT2D eigenvalue weighted by Crippen LogP contribution is -2.38. The van der Waals surface area contributed by atoms with Gasteiger partial charge in [-0.3, -0.25) is 4.79 Å². The zero-order valence-corrected chi connectivity index (χ0v) is 21.4. The number of methoxy groups -OCH3 is 1. The van der Waals surface area contributed by atoms with E-state index in [4.69, 9.17) is 9.47 Å². The number of carbonyl (C=O) groups is 2. The van der Waals surface area contributed by atoms with Crippen LogP contribution in [0.2, 0.25) is 0 Å². The molecule has 0 radical (unpaired) electrons. The highest BCUT2D eigenvalue weighted by atomic mass is 16.6. The molecule has 1 aromatic carbocycles. The van der Waals surface area contributed by atoms with Gasteiger partial charge in [-0.2, -0.15) is 0 Å². The van der Waals surface area contributed by atoms with Crippen molar-refractivity contribution in [2.24, 2.45) is 5.92 Å². The Morgan fingerprint density at radius 1 is 0.882 bits per heavy atom. The van der Waals surface area contributed by atoms with E-state index in [9.17, 15) is 9.59 Å². The van der Waals surface area contributed by atoms with Gasteiger partial charge in [-0.05, 0) is 12.0 Å². The Bertz CT molecular complexity index is 682. The van der Waals surface area contributed by atoms with Crippen molar-refractivity contribution < 1.29 is 19.1 Å². The fourth-order valence-corrected chi connectivity index (χ4v) is 4.53. The van der Waals surface area contributed by atoms with Crippen molar-refractivity contribution in [3.63, 3.8) is 0 Å². The summed E-state index contributed by atoms with van der Waals surface area (Å²) in [4.78, 5) is 26.7. The maximum absolute atomic E-state index is 12.7. The Balaban J connectivity index is 1.53. The second-order valence-corrected chi connectivity index (χ2v) is 9.51. The van der Waals surface area contributed by atoms with Gasteiger partial charge in [0.05, 0.1) is 18.6 Å². The van der Waals surface area contributed by atoms with Crippen LogP contribution in [0.5, 0.6) is 0 Å². The minimum absolute atomic E-state index is 0.0340. The third kappa shape index (κ3) is 10.9. The zero-order chi connectivity index (χ0) is 24.4. The third-order valence-electron chi connectivity index (χ3n) is 6.70. The summed E-state index contributed by atoms with van der Waals surface area (Å²) in [6, 6.07) is 9.59. The SMILES string of the molecule is CCCCCCCCCCCCCCNC(=O)[C@@H]1CN(C(=O)OCc2ccccc2)C[C@H]1OC. The summed E-state index contributed by atoms with van der Waals surface area (Å²) in [6.45, 7) is 3.87. The summed E-state index contributed by atoms with van der Waals surface area (Å²) in [6.07, 6.45) is 14.9. The molecule has 1 aliphatic rings. The number of nitrogens with one attached hydrogen (secondary N) is 1. The van der Waals surface area contributed by atoms with E-state index in [1.165, 1.54) is 64.2 Å². The molecule has 0 bridgehead atoms. The van der Waals surface area contributed by atoms with Crippen molar-refractivity contribution in [3.05, 3.63) is 35.9 Å². The topological polar surface area (TPSA) is 67.9 Å².